The molecule has 0 aliphatic carbocycles. The highest BCUT2D eigenvalue weighted by molar-refractivity contribution is 7.89. The number of likely N-dealkylation sites (N-methyl/N-ethyl adjacent to an activating group) is 1. The molecule has 1 unspecified atom stereocenters. The van der Waals surface area contributed by atoms with Gasteiger partial charge in [0.1, 0.15) is 6.04 Å². The number of sulfonamides is 1. The Kier molecular flexibility index (Phi) is 4.91. The lowest BCUT2D eigenvalue weighted by Crippen LogP contribution is -2.59. The van der Waals surface area contributed by atoms with E-state index in [0.717, 1.165) is 0 Å². The third-order valence-electron chi connectivity index (χ3n) is 2.74. The molecule has 1 N–H and O–H groups in total. The average molecular weight is 263 g/mol. The largest absolute Gasteiger partial charge is 0.347 e. The molecule has 1 amide bonds. The lowest BCUT2D eigenvalue weighted by Gasteiger charge is -2.35. The van der Waals surface area contributed by atoms with Crippen molar-refractivity contribution in [2.24, 2.45) is 0 Å². The Morgan fingerprint density at radius 1 is 1.47 bits per heavy atom. The molecule has 0 radical (unpaired) electrons. The van der Waals surface area contributed by atoms with E-state index in [1.165, 1.54) is 9.21 Å². The summed E-state index contributed by atoms with van der Waals surface area (Å²) in [5.74, 6) is -0.0682. The molecule has 0 aromatic carbocycles. The molecular formula is C10H21N3O3S. The van der Waals surface area contributed by atoms with E-state index in [1.54, 1.807) is 14.1 Å². The first kappa shape index (κ1) is 14.4. The van der Waals surface area contributed by atoms with E-state index >= 15 is 0 Å². The van der Waals surface area contributed by atoms with E-state index in [9.17, 15) is 13.2 Å². The average Bonchev–Trinajstić information content (AvgIpc) is 2.28. The summed E-state index contributed by atoms with van der Waals surface area (Å²) in [6, 6.07) is -0.602. The van der Waals surface area contributed by atoms with Crippen molar-refractivity contribution in [3.05, 3.63) is 0 Å². The summed E-state index contributed by atoms with van der Waals surface area (Å²) in [5.41, 5.74) is 0. The molecule has 1 fully saturated rings. The van der Waals surface area contributed by atoms with Crippen molar-refractivity contribution < 1.29 is 13.2 Å². The highest BCUT2D eigenvalue weighted by Crippen LogP contribution is 2.13. The Bertz CT molecular complexity index is 367. The second kappa shape index (κ2) is 5.79. The predicted octanol–water partition coefficient (Wildman–Crippen LogP) is -0.912. The van der Waals surface area contributed by atoms with Crippen LogP contribution in [0.25, 0.3) is 0 Å². The van der Waals surface area contributed by atoms with E-state index in [-0.39, 0.29) is 11.7 Å². The Labute approximate surface area is 103 Å². The second-order valence-corrected chi connectivity index (χ2v) is 6.42. The van der Waals surface area contributed by atoms with Crippen LogP contribution >= 0.6 is 0 Å². The predicted molar refractivity (Wildman–Crippen MR) is 66.1 cm³/mol. The zero-order valence-corrected chi connectivity index (χ0v) is 11.5. The van der Waals surface area contributed by atoms with Crippen molar-refractivity contribution >= 4 is 15.9 Å². The molecule has 7 heteroatoms. The number of carbonyl (C=O) groups is 1. The van der Waals surface area contributed by atoms with Crippen molar-refractivity contribution in [1.82, 2.24) is 14.5 Å². The fourth-order valence-electron chi connectivity index (χ4n) is 1.90. The van der Waals surface area contributed by atoms with Gasteiger partial charge in [0.15, 0.2) is 0 Å². The van der Waals surface area contributed by atoms with Gasteiger partial charge in [0, 0.05) is 33.7 Å². The smallest absolute Gasteiger partial charge is 0.241 e. The molecule has 1 heterocycles. The molecule has 1 saturated heterocycles. The molecule has 6 nitrogen and oxygen atoms in total. The number of piperazine rings is 1. The molecule has 0 aromatic heterocycles. The van der Waals surface area contributed by atoms with Gasteiger partial charge >= 0.3 is 0 Å². The Hall–Kier alpha value is -0.660. The van der Waals surface area contributed by atoms with Crippen LogP contribution in [0.5, 0.6) is 0 Å². The monoisotopic (exact) mass is 263 g/mol. The summed E-state index contributed by atoms with van der Waals surface area (Å²) in [6.07, 6.45) is 0.565. The summed E-state index contributed by atoms with van der Waals surface area (Å²) in [5, 5.41) is 3.06. The maximum absolute atomic E-state index is 12.1. The number of rotatable bonds is 4. The normalized spacial score (nSPS) is 22.4. The molecule has 0 bridgehead atoms. The zero-order valence-electron chi connectivity index (χ0n) is 10.6. The lowest BCUT2D eigenvalue weighted by molar-refractivity contribution is -0.133. The minimum absolute atomic E-state index is 0.101. The van der Waals surface area contributed by atoms with E-state index in [4.69, 9.17) is 0 Å². The summed E-state index contributed by atoms with van der Waals surface area (Å²) in [4.78, 5) is 13.4. The van der Waals surface area contributed by atoms with Gasteiger partial charge in [-0.1, -0.05) is 6.92 Å². The molecule has 1 rings (SSSR count). The van der Waals surface area contributed by atoms with Crippen molar-refractivity contribution in [2.75, 3.05) is 39.5 Å². The topological polar surface area (TPSA) is 69.7 Å². The first-order chi connectivity index (χ1) is 7.90. The highest BCUT2D eigenvalue weighted by atomic mass is 32.2. The van der Waals surface area contributed by atoms with Crippen molar-refractivity contribution in [1.29, 1.82) is 0 Å². The first-order valence-corrected chi connectivity index (χ1v) is 7.42. The molecule has 1 aliphatic rings. The zero-order chi connectivity index (χ0) is 13.1. The van der Waals surface area contributed by atoms with E-state index < -0.39 is 16.1 Å². The van der Waals surface area contributed by atoms with Gasteiger partial charge in [0.25, 0.3) is 0 Å². The standard InChI is InChI=1S/C10H21N3O3S/c1-4-7-17(15,16)13-6-5-11-8-9(13)10(14)12(2)3/h9,11H,4-8H2,1-3H3. The second-order valence-electron chi connectivity index (χ2n) is 4.38. The summed E-state index contributed by atoms with van der Waals surface area (Å²) in [7, 11) is -0.0344. The van der Waals surface area contributed by atoms with Crippen molar-refractivity contribution in [3.8, 4) is 0 Å². The highest BCUT2D eigenvalue weighted by Gasteiger charge is 2.36. The van der Waals surface area contributed by atoms with Gasteiger partial charge in [-0.2, -0.15) is 4.31 Å². The Morgan fingerprint density at radius 2 is 2.12 bits per heavy atom. The number of amides is 1. The van der Waals surface area contributed by atoms with Gasteiger partial charge in [0.05, 0.1) is 5.75 Å². The lowest BCUT2D eigenvalue weighted by atomic mass is 10.2. The van der Waals surface area contributed by atoms with Crippen LogP contribution in [0.2, 0.25) is 0 Å². The van der Waals surface area contributed by atoms with Crippen LogP contribution in [0.15, 0.2) is 0 Å². The van der Waals surface area contributed by atoms with Crippen LogP contribution in [0.3, 0.4) is 0 Å². The van der Waals surface area contributed by atoms with Gasteiger partial charge in [-0.05, 0) is 6.42 Å². The van der Waals surface area contributed by atoms with E-state index in [0.29, 0.717) is 26.1 Å². The van der Waals surface area contributed by atoms with E-state index in [1.807, 2.05) is 6.92 Å². The quantitative estimate of drug-likeness (QED) is 0.713. The van der Waals surface area contributed by atoms with Gasteiger partial charge in [0.2, 0.25) is 15.9 Å². The molecule has 100 valence electrons. The minimum Gasteiger partial charge on any atom is -0.347 e. The Morgan fingerprint density at radius 3 is 2.65 bits per heavy atom. The molecular weight excluding hydrogens is 242 g/mol. The molecule has 0 aromatic rings. The van der Waals surface area contributed by atoms with Crippen LogP contribution in [-0.4, -0.2) is 69.1 Å². The van der Waals surface area contributed by atoms with E-state index in [2.05, 4.69) is 5.32 Å². The SMILES string of the molecule is CCCS(=O)(=O)N1CCNCC1C(=O)N(C)C. The summed E-state index contributed by atoms with van der Waals surface area (Å²) >= 11 is 0. The van der Waals surface area contributed by atoms with Crippen LogP contribution < -0.4 is 5.32 Å². The minimum atomic E-state index is -3.32. The van der Waals surface area contributed by atoms with Crippen LogP contribution in [0.1, 0.15) is 13.3 Å². The maximum Gasteiger partial charge on any atom is 0.241 e. The third-order valence-corrected chi connectivity index (χ3v) is 4.82. The molecule has 17 heavy (non-hydrogen) atoms. The number of hydrogen-bond acceptors (Lipinski definition) is 4. The third kappa shape index (κ3) is 3.40. The summed E-state index contributed by atoms with van der Waals surface area (Å²) < 4.78 is 25.4. The fraction of sp³-hybridized carbons (Fsp3) is 0.900. The van der Waals surface area contributed by atoms with Crippen LogP contribution in [-0.2, 0) is 14.8 Å². The number of carbonyl (C=O) groups excluding carboxylic acids is 1. The maximum atomic E-state index is 12.1. The van der Waals surface area contributed by atoms with Gasteiger partial charge < -0.3 is 10.2 Å². The van der Waals surface area contributed by atoms with Gasteiger partial charge in [-0.3, -0.25) is 4.79 Å². The number of hydrogen-bond donors (Lipinski definition) is 1. The molecule has 0 saturated carbocycles. The molecule has 1 aliphatic heterocycles. The number of nitrogens with one attached hydrogen (secondary N) is 1. The fourth-order valence-corrected chi connectivity index (χ4v) is 3.57. The molecule has 0 spiro atoms. The van der Waals surface area contributed by atoms with Crippen molar-refractivity contribution in [3.63, 3.8) is 0 Å². The summed E-state index contributed by atoms with van der Waals surface area (Å²) in [6.45, 7) is 3.18. The van der Waals surface area contributed by atoms with Gasteiger partial charge in [-0.25, -0.2) is 8.42 Å². The van der Waals surface area contributed by atoms with Crippen LogP contribution in [0.4, 0.5) is 0 Å². The first-order valence-electron chi connectivity index (χ1n) is 5.81. The molecule has 1 atom stereocenters. The van der Waals surface area contributed by atoms with Crippen molar-refractivity contribution in [2.45, 2.75) is 19.4 Å². The Balaban J connectivity index is 2.90. The van der Waals surface area contributed by atoms with Gasteiger partial charge in [-0.15, -0.1) is 0 Å². The number of nitrogens with zero attached hydrogens (tertiary/aromatic N) is 2. The van der Waals surface area contributed by atoms with Crippen LogP contribution in [0, 0.1) is 0 Å².